The van der Waals surface area contributed by atoms with Crippen molar-refractivity contribution in [2.45, 2.75) is 39.5 Å². The molecule has 130 valence electrons. The molecule has 2 aromatic heterocycles. The fraction of sp³-hybridized carbons (Fsp3) is 0.368. The van der Waals surface area contributed by atoms with Gasteiger partial charge in [0.2, 0.25) is 0 Å². The number of rotatable bonds is 5. The molecular weight excluding hydrogens is 332 g/mol. The zero-order valence-corrected chi connectivity index (χ0v) is 15.2. The van der Waals surface area contributed by atoms with Gasteiger partial charge in [-0.3, -0.25) is 14.4 Å². The highest BCUT2D eigenvalue weighted by molar-refractivity contribution is 7.09. The summed E-state index contributed by atoms with van der Waals surface area (Å²) in [5.74, 6) is 0. The second-order valence-corrected chi connectivity index (χ2v) is 7.36. The SMILES string of the molecule is CCn1c2c(c(=O)n1Cc1ccccc1)CCN(Cc1nccs1)C2. The van der Waals surface area contributed by atoms with Gasteiger partial charge in [-0.15, -0.1) is 11.3 Å². The molecule has 6 heteroatoms. The summed E-state index contributed by atoms with van der Waals surface area (Å²) in [5.41, 5.74) is 3.50. The molecule has 4 rings (SSSR count). The Morgan fingerprint density at radius 2 is 2.00 bits per heavy atom. The van der Waals surface area contributed by atoms with Crippen LogP contribution in [0.4, 0.5) is 0 Å². The van der Waals surface area contributed by atoms with Gasteiger partial charge in [-0.25, -0.2) is 9.67 Å². The van der Waals surface area contributed by atoms with E-state index in [1.807, 2.05) is 34.5 Å². The summed E-state index contributed by atoms with van der Waals surface area (Å²) < 4.78 is 4.07. The van der Waals surface area contributed by atoms with Crippen molar-refractivity contribution in [3.8, 4) is 0 Å². The number of thiazole rings is 1. The second kappa shape index (κ2) is 6.98. The molecule has 0 aliphatic carbocycles. The minimum Gasteiger partial charge on any atom is -0.291 e. The molecule has 0 unspecified atom stereocenters. The fourth-order valence-electron chi connectivity index (χ4n) is 3.61. The predicted molar refractivity (Wildman–Crippen MR) is 99.8 cm³/mol. The summed E-state index contributed by atoms with van der Waals surface area (Å²) in [5, 5.41) is 3.15. The minimum absolute atomic E-state index is 0.176. The first kappa shape index (κ1) is 16.3. The van der Waals surface area contributed by atoms with Gasteiger partial charge in [0.05, 0.1) is 18.8 Å². The third kappa shape index (κ3) is 3.19. The molecule has 1 aromatic carbocycles. The van der Waals surface area contributed by atoms with Crippen molar-refractivity contribution in [3.63, 3.8) is 0 Å². The number of hydrogen-bond acceptors (Lipinski definition) is 4. The highest BCUT2D eigenvalue weighted by Crippen LogP contribution is 2.20. The Bertz CT molecular complexity index is 896. The maximum atomic E-state index is 12.9. The van der Waals surface area contributed by atoms with E-state index in [-0.39, 0.29) is 5.56 Å². The highest BCUT2D eigenvalue weighted by Gasteiger charge is 2.26. The van der Waals surface area contributed by atoms with Crippen molar-refractivity contribution in [1.82, 2.24) is 19.2 Å². The van der Waals surface area contributed by atoms with Crippen LogP contribution < -0.4 is 5.56 Å². The van der Waals surface area contributed by atoms with E-state index in [0.717, 1.165) is 48.7 Å². The van der Waals surface area contributed by atoms with Crippen LogP contribution in [0.5, 0.6) is 0 Å². The molecule has 0 spiro atoms. The lowest BCUT2D eigenvalue weighted by molar-refractivity contribution is 0.234. The van der Waals surface area contributed by atoms with Gasteiger partial charge in [-0.2, -0.15) is 0 Å². The number of benzene rings is 1. The lowest BCUT2D eigenvalue weighted by Gasteiger charge is -2.26. The Kier molecular flexibility index (Phi) is 4.55. The van der Waals surface area contributed by atoms with Crippen LogP contribution in [0.15, 0.2) is 46.7 Å². The summed E-state index contributed by atoms with van der Waals surface area (Å²) in [7, 11) is 0. The van der Waals surface area contributed by atoms with Gasteiger partial charge in [0.1, 0.15) is 5.01 Å². The lowest BCUT2D eigenvalue weighted by atomic mass is 10.1. The van der Waals surface area contributed by atoms with Crippen LogP contribution in [0.25, 0.3) is 0 Å². The van der Waals surface area contributed by atoms with Crippen LogP contribution in [-0.4, -0.2) is 25.8 Å². The zero-order chi connectivity index (χ0) is 17.2. The number of aromatic nitrogens is 3. The maximum Gasteiger partial charge on any atom is 0.270 e. The largest absolute Gasteiger partial charge is 0.291 e. The Morgan fingerprint density at radius 1 is 1.16 bits per heavy atom. The molecule has 0 saturated heterocycles. The van der Waals surface area contributed by atoms with Crippen LogP contribution in [0, 0.1) is 0 Å². The molecule has 1 aliphatic rings. The van der Waals surface area contributed by atoms with Crippen LogP contribution in [-0.2, 0) is 32.6 Å². The molecule has 0 fully saturated rings. The normalized spacial score (nSPS) is 14.6. The van der Waals surface area contributed by atoms with Gasteiger partial charge in [-0.1, -0.05) is 30.3 Å². The molecule has 25 heavy (non-hydrogen) atoms. The van der Waals surface area contributed by atoms with E-state index >= 15 is 0 Å². The molecule has 0 N–H and O–H groups in total. The molecule has 3 heterocycles. The predicted octanol–water partition coefficient (Wildman–Crippen LogP) is 2.73. The fourth-order valence-corrected chi connectivity index (χ4v) is 4.27. The summed E-state index contributed by atoms with van der Waals surface area (Å²) in [6.45, 7) is 6.15. The van der Waals surface area contributed by atoms with Crippen LogP contribution in [0.1, 0.15) is 28.8 Å². The van der Waals surface area contributed by atoms with Crippen LogP contribution in [0.3, 0.4) is 0 Å². The molecule has 0 amide bonds. The van der Waals surface area contributed by atoms with Gasteiger partial charge in [0.15, 0.2) is 0 Å². The van der Waals surface area contributed by atoms with E-state index in [0.29, 0.717) is 6.54 Å². The monoisotopic (exact) mass is 354 g/mol. The number of nitrogens with zero attached hydrogens (tertiary/aromatic N) is 4. The van der Waals surface area contributed by atoms with E-state index in [1.54, 1.807) is 11.3 Å². The molecule has 0 saturated carbocycles. The van der Waals surface area contributed by atoms with Crippen molar-refractivity contribution in [2.24, 2.45) is 0 Å². The molecule has 0 atom stereocenters. The maximum absolute atomic E-state index is 12.9. The smallest absolute Gasteiger partial charge is 0.270 e. The van der Waals surface area contributed by atoms with E-state index in [1.165, 1.54) is 5.69 Å². The number of fused-ring (bicyclic) bond motifs is 1. The van der Waals surface area contributed by atoms with Gasteiger partial charge in [0, 0.05) is 36.8 Å². The highest BCUT2D eigenvalue weighted by atomic mass is 32.1. The van der Waals surface area contributed by atoms with Crippen molar-refractivity contribution in [3.05, 3.63) is 74.1 Å². The van der Waals surface area contributed by atoms with E-state index in [4.69, 9.17) is 0 Å². The third-order valence-electron chi connectivity index (χ3n) is 4.81. The Balaban J connectivity index is 1.63. The first-order chi connectivity index (χ1) is 12.3. The van der Waals surface area contributed by atoms with Crippen LogP contribution >= 0.6 is 11.3 Å². The Morgan fingerprint density at radius 3 is 2.72 bits per heavy atom. The van der Waals surface area contributed by atoms with Crippen molar-refractivity contribution >= 4 is 11.3 Å². The summed E-state index contributed by atoms with van der Waals surface area (Å²) in [4.78, 5) is 19.7. The minimum atomic E-state index is 0.176. The molecule has 0 bridgehead atoms. The topological polar surface area (TPSA) is 43.1 Å². The molecule has 3 aromatic rings. The Labute approximate surface area is 151 Å². The first-order valence-corrected chi connectivity index (χ1v) is 9.60. The molecule has 5 nitrogen and oxygen atoms in total. The van der Waals surface area contributed by atoms with Gasteiger partial charge < -0.3 is 0 Å². The first-order valence-electron chi connectivity index (χ1n) is 8.72. The average molecular weight is 354 g/mol. The quantitative estimate of drug-likeness (QED) is 0.708. The molecular formula is C19H22N4OS. The number of hydrogen-bond donors (Lipinski definition) is 0. The van der Waals surface area contributed by atoms with Gasteiger partial charge >= 0.3 is 0 Å². The van der Waals surface area contributed by atoms with Crippen molar-refractivity contribution < 1.29 is 0 Å². The molecule has 1 aliphatic heterocycles. The van der Waals surface area contributed by atoms with Crippen molar-refractivity contribution in [1.29, 1.82) is 0 Å². The third-order valence-corrected chi connectivity index (χ3v) is 5.58. The Hall–Kier alpha value is -2.18. The van der Waals surface area contributed by atoms with E-state index in [2.05, 4.69) is 33.6 Å². The van der Waals surface area contributed by atoms with E-state index < -0.39 is 0 Å². The standard InChI is InChI=1S/C19H22N4OS/c1-2-22-17-13-21(14-18-20-9-11-25-18)10-8-16(17)19(24)23(22)12-15-6-4-3-5-7-15/h3-7,9,11H,2,8,10,12-14H2,1H3. The second-order valence-electron chi connectivity index (χ2n) is 6.38. The lowest BCUT2D eigenvalue weighted by Crippen LogP contribution is -2.32. The van der Waals surface area contributed by atoms with Gasteiger partial charge in [0.25, 0.3) is 5.56 Å². The molecule has 0 radical (unpaired) electrons. The average Bonchev–Trinajstić information content (AvgIpc) is 3.23. The summed E-state index contributed by atoms with van der Waals surface area (Å²) >= 11 is 1.69. The summed E-state index contributed by atoms with van der Waals surface area (Å²) in [6, 6.07) is 10.2. The van der Waals surface area contributed by atoms with Crippen LogP contribution in [0.2, 0.25) is 0 Å². The zero-order valence-electron chi connectivity index (χ0n) is 14.4. The summed E-state index contributed by atoms with van der Waals surface area (Å²) in [6.07, 6.45) is 2.68. The van der Waals surface area contributed by atoms with Crippen molar-refractivity contribution in [2.75, 3.05) is 6.54 Å². The van der Waals surface area contributed by atoms with Gasteiger partial charge in [-0.05, 0) is 18.9 Å². The van der Waals surface area contributed by atoms with E-state index in [9.17, 15) is 4.79 Å².